The smallest absolute Gasteiger partial charge is 0.408 e. The first-order valence-corrected chi connectivity index (χ1v) is 14.9. The lowest BCUT2D eigenvalue weighted by atomic mass is 9.54. The Morgan fingerprint density at radius 1 is 1.06 bits per heavy atom. The summed E-state index contributed by atoms with van der Waals surface area (Å²) < 4.78 is 26.6. The molecule has 3 atom stereocenters. The Balaban J connectivity index is 1.50. The van der Waals surface area contributed by atoms with E-state index in [4.69, 9.17) is 9.26 Å². The number of hydrogen-bond donors (Lipinski definition) is 2. The summed E-state index contributed by atoms with van der Waals surface area (Å²) in [5.41, 5.74) is 0.390. The molecule has 35 heavy (non-hydrogen) atoms. The van der Waals surface area contributed by atoms with E-state index in [0.29, 0.717) is 24.2 Å². The number of nitrogens with one attached hydrogen (secondary N) is 1. The van der Waals surface area contributed by atoms with Crippen molar-refractivity contribution in [2.75, 3.05) is 6.16 Å². The summed E-state index contributed by atoms with van der Waals surface area (Å²) in [6.45, 7) is 5.69. The van der Waals surface area contributed by atoms with Crippen molar-refractivity contribution in [1.29, 1.82) is 0 Å². The fourth-order valence-corrected chi connectivity index (χ4v) is 9.56. The normalized spacial score (nSPS) is 30.5. The highest BCUT2D eigenvalue weighted by Gasteiger charge is 2.55. The van der Waals surface area contributed by atoms with Gasteiger partial charge in [0.2, 0.25) is 7.37 Å². The maximum atomic E-state index is 14.5. The van der Waals surface area contributed by atoms with Crippen LogP contribution in [0.25, 0.3) is 0 Å². The van der Waals surface area contributed by atoms with Gasteiger partial charge in [0.15, 0.2) is 0 Å². The highest BCUT2D eigenvalue weighted by atomic mass is 31.2. The van der Waals surface area contributed by atoms with Crippen LogP contribution in [0.4, 0.5) is 4.79 Å². The lowest BCUT2D eigenvalue weighted by Gasteiger charge is -2.57. The van der Waals surface area contributed by atoms with E-state index in [0.717, 1.165) is 24.8 Å². The number of alkyl carbamates (subject to hydrolysis) is 1. The number of carboxylic acids is 1. The van der Waals surface area contributed by atoms with Crippen molar-refractivity contribution in [3.05, 3.63) is 35.9 Å². The van der Waals surface area contributed by atoms with Crippen molar-refractivity contribution in [2.45, 2.75) is 83.7 Å². The van der Waals surface area contributed by atoms with E-state index in [1.807, 2.05) is 44.2 Å². The van der Waals surface area contributed by atoms with Crippen molar-refractivity contribution >= 4 is 19.4 Å². The number of rotatable bonds is 11. The van der Waals surface area contributed by atoms with Crippen molar-refractivity contribution in [2.24, 2.45) is 29.6 Å². The molecule has 3 unspecified atom stereocenters. The molecule has 4 fully saturated rings. The summed E-state index contributed by atoms with van der Waals surface area (Å²) in [6.07, 6.45) is 5.97. The standard InChI is InChI=1S/C27H40NO6P/c1-18(2)9-24(25(29)30)17-35(32,19(3)28-26(31)33-16-20-7-5-4-6-8-20)34-27-13-21-10-22(14-27)12-23(11-21)15-27/h4-8,18-19,21-24H,9-17H2,1-3H3,(H,28,31)(H,29,30). The molecule has 194 valence electrons. The maximum absolute atomic E-state index is 14.5. The maximum Gasteiger partial charge on any atom is 0.408 e. The third-order valence-electron chi connectivity index (χ3n) is 8.04. The largest absolute Gasteiger partial charge is 0.481 e. The van der Waals surface area contributed by atoms with E-state index >= 15 is 0 Å². The quantitative estimate of drug-likeness (QED) is 0.344. The van der Waals surface area contributed by atoms with Crippen molar-refractivity contribution in [3.8, 4) is 0 Å². The SMILES string of the molecule is CC(C)CC(CP(=O)(OC12CC3CC(CC(C3)C1)C2)C(C)NC(=O)OCc1ccccc1)C(=O)O. The number of ether oxygens (including phenoxy) is 1. The van der Waals surface area contributed by atoms with Gasteiger partial charge in [0.1, 0.15) is 12.4 Å². The molecule has 2 N–H and O–H groups in total. The Kier molecular flexibility index (Phi) is 7.97. The zero-order chi connectivity index (χ0) is 25.2. The van der Waals surface area contributed by atoms with E-state index in [1.54, 1.807) is 6.92 Å². The molecular weight excluding hydrogens is 465 g/mol. The first-order chi connectivity index (χ1) is 16.6. The van der Waals surface area contributed by atoms with E-state index in [2.05, 4.69) is 5.32 Å². The van der Waals surface area contributed by atoms with Crippen LogP contribution < -0.4 is 5.32 Å². The second kappa shape index (κ2) is 10.6. The molecule has 4 bridgehead atoms. The van der Waals surface area contributed by atoms with Crippen LogP contribution in [0.2, 0.25) is 0 Å². The third-order valence-corrected chi connectivity index (χ3v) is 11.0. The lowest BCUT2D eigenvalue weighted by Crippen LogP contribution is -2.52. The number of carboxylic acid groups (broad SMARTS) is 1. The topological polar surface area (TPSA) is 102 Å². The number of aliphatic carboxylic acids is 1. The Hall–Kier alpha value is -1.85. The highest BCUT2D eigenvalue weighted by molar-refractivity contribution is 7.59. The van der Waals surface area contributed by atoms with Crippen LogP contribution in [0.1, 0.15) is 71.3 Å². The molecule has 4 aliphatic rings. The lowest BCUT2D eigenvalue weighted by molar-refractivity contribution is -0.141. The minimum atomic E-state index is -3.57. The summed E-state index contributed by atoms with van der Waals surface area (Å²) in [7, 11) is -3.57. The zero-order valence-corrected chi connectivity index (χ0v) is 22.0. The average molecular weight is 506 g/mol. The molecular formula is C27H40NO6P. The van der Waals surface area contributed by atoms with Gasteiger partial charge < -0.3 is 19.7 Å². The molecule has 8 heteroatoms. The predicted octanol–water partition coefficient (Wildman–Crippen LogP) is 6.27. The van der Waals surface area contributed by atoms with Crippen LogP contribution in [-0.2, 0) is 25.2 Å². The molecule has 0 aliphatic heterocycles. The molecule has 1 aromatic rings. The Bertz CT molecular complexity index is 913. The van der Waals surface area contributed by atoms with Gasteiger partial charge in [0.05, 0.1) is 11.5 Å². The zero-order valence-electron chi connectivity index (χ0n) is 21.2. The van der Waals surface area contributed by atoms with Crippen LogP contribution in [0.3, 0.4) is 0 Å². The first-order valence-electron chi connectivity index (χ1n) is 13.1. The molecule has 0 radical (unpaired) electrons. The van der Waals surface area contributed by atoms with Crippen LogP contribution in [0, 0.1) is 29.6 Å². The predicted molar refractivity (Wildman–Crippen MR) is 134 cm³/mol. The molecule has 4 saturated carbocycles. The number of benzene rings is 1. The molecule has 1 aromatic carbocycles. The van der Waals surface area contributed by atoms with Crippen LogP contribution in [0.5, 0.6) is 0 Å². The average Bonchev–Trinajstić information content (AvgIpc) is 2.76. The summed E-state index contributed by atoms with van der Waals surface area (Å²) in [5, 5.41) is 12.6. The number of carbonyl (C=O) groups excluding carboxylic acids is 1. The number of carbonyl (C=O) groups is 2. The molecule has 0 heterocycles. The van der Waals surface area contributed by atoms with Crippen LogP contribution >= 0.6 is 7.37 Å². The Morgan fingerprint density at radius 2 is 1.63 bits per heavy atom. The van der Waals surface area contributed by atoms with Crippen molar-refractivity contribution in [1.82, 2.24) is 5.32 Å². The Morgan fingerprint density at radius 3 is 2.14 bits per heavy atom. The molecule has 1 amide bonds. The van der Waals surface area contributed by atoms with Gasteiger partial charge in [-0.2, -0.15) is 0 Å². The molecule has 0 spiro atoms. The minimum absolute atomic E-state index is 0.0810. The summed E-state index contributed by atoms with van der Waals surface area (Å²) >= 11 is 0. The summed E-state index contributed by atoms with van der Waals surface area (Å²) in [5.74, 6) is -0.665. The van der Waals surface area contributed by atoms with E-state index < -0.39 is 36.7 Å². The first kappa shape index (κ1) is 26.2. The minimum Gasteiger partial charge on any atom is -0.481 e. The Labute approximate surface area is 208 Å². The molecule has 7 nitrogen and oxygen atoms in total. The molecule has 5 rings (SSSR count). The van der Waals surface area contributed by atoms with Crippen LogP contribution in [-0.4, -0.2) is 34.7 Å². The fraction of sp³-hybridized carbons (Fsp3) is 0.704. The van der Waals surface area contributed by atoms with Gasteiger partial charge in [0, 0.05) is 6.16 Å². The highest BCUT2D eigenvalue weighted by Crippen LogP contribution is 2.64. The van der Waals surface area contributed by atoms with Gasteiger partial charge in [-0.05, 0) is 81.1 Å². The van der Waals surface area contributed by atoms with E-state index in [9.17, 15) is 19.3 Å². The summed E-state index contributed by atoms with van der Waals surface area (Å²) in [4.78, 5) is 24.7. The van der Waals surface area contributed by atoms with Gasteiger partial charge >= 0.3 is 12.1 Å². The van der Waals surface area contributed by atoms with Crippen molar-refractivity contribution < 1.29 is 28.5 Å². The number of hydrogen-bond acceptors (Lipinski definition) is 5. The van der Waals surface area contributed by atoms with Crippen LogP contribution in [0.15, 0.2) is 30.3 Å². The van der Waals surface area contributed by atoms with Gasteiger partial charge in [-0.25, -0.2) is 4.79 Å². The number of amides is 1. The monoisotopic (exact) mass is 505 g/mol. The van der Waals surface area contributed by atoms with Gasteiger partial charge in [-0.1, -0.05) is 44.2 Å². The van der Waals surface area contributed by atoms with E-state index in [1.165, 1.54) is 19.3 Å². The summed E-state index contributed by atoms with van der Waals surface area (Å²) in [6, 6.07) is 9.35. The second-order valence-electron chi connectivity index (χ2n) is 11.6. The van der Waals surface area contributed by atoms with Gasteiger partial charge in [0.25, 0.3) is 0 Å². The molecule has 4 aliphatic carbocycles. The van der Waals surface area contributed by atoms with Gasteiger partial charge in [-0.3, -0.25) is 9.36 Å². The molecule has 0 aromatic heterocycles. The molecule has 0 saturated heterocycles. The van der Waals surface area contributed by atoms with E-state index in [-0.39, 0.29) is 18.7 Å². The van der Waals surface area contributed by atoms with Crippen molar-refractivity contribution in [3.63, 3.8) is 0 Å². The second-order valence-corrected chi connectivity index (χ2v) is 14.4. The third kappa shape index (κ3) is 6.48. The van der Waals surface area contributed by atoms with Gasteiger partial charge in [-0.15, -0.1) is 0 Å². The fourth-order valence-electron chi connectivity index (χ4n) is 6.91.